The molecule has 104 valence electrons. The summed E-state index contributed by atoms with van der Waals surface area (Å²) >= 11 is 14.0. The SMILES string of the molecule is Cc1ccc(C(C)n2c(CCl)nc3ccc(Cl)cc32)s1. The number of aromatic nitrogens is 2. The van der Waals surface area contributed by atoms with Gasteiger partial charge in [0.2, 0.25) is 0 Å². The predicted molar refractivity (Wildman–Crippen MR) is 87.2 cm³/mol. The Morgan fingerprint density at radius 3 is 2.75 bits per heavy atom. The summed E-state index contributed by atoms with van der Waals surface area (Å²) in [6.07, 6.45) is 0. The lowest BCUT2D eigenvalue weighted by Gasteiger charge is -2.15. The van der Waals surface area contributed by atoms with Gasteiger partial charge in [0.15, 0.2) is 0 Å². The Hall–Kier alpha value is -1.03. The summed E-state index contributed by atoms with van der Waals surface area (Å²) in [4.78, 5) is 7.21. The molecule has 20 heavy (non-hydrogen) atoms. The number of rotatable bonds is 3. The zero-order valence-corrected chi connectivity index (χ0v) is 13.6. The minimum Gasteiger partial charge on any atom is -0.319 e. The summed E-state index contributed by atoms with van der Waals surface area (Å²) in [6, 6.07) is 10.3. The van der Waals surface area contributed by atoms with Crippen molar-refractivity contribution in [1.29, 1.82) is 0 Å². The van der Waals surface area contributed by atoms with E-state index in [9.17, 15) is 0 Å². The molecule has 0 fully saturated rings. The zero-order chi connectivity index (χ0) is 14.3. The van der Waals surface area contributed by atoms with Crippen LogP contribution in [0.2, 0.25) is 5.02 Å². The first kappa shape index (κ1) is 13.9. The van der Waals surface area contributed by atoms with Crippen LogP contribution < -0.4 is 0 Å². The molecule has 0 bridgehead atoms. The fourth-order valence-electron chi connectivity index (χ4n) is 2.45. The van der Waals surface area contributed by atoms with Crippen LogP contribution in [0.25, 0.3) is 11.0 Å². The number of halogens is 2. The van der Waals surface area contributed by atoms with Crippen LogP contribution in [0.5, 0.6) is 0 Å². The Kier molecular flexibility index (Phi) is 3.76. The number of thiophene rings is 1. The van der Waals surface area contributed by atoms with Crippen LogP contribution >= 0.6 is 34.5 Å². The third-order valence-corrected chi connectivity index (χ3v) is 5.05. The summed E-state index contributed by atoms with van der Waals surface area (Å²) in [5, 5.41) is 0.717. The van der Waals surface area contributed by atoms with Crippen molar-refractivity contribution < 1.29 is 0 Å². The van der Waals surface area contributed by atoms with Crippen molar-refractivity contribution in [1.82, 2.24) is 9.55 Å². The first-order chi connectivity index (χ1) is 9.60. The van der Waals surface area contributed by atoms with Crippen molar-refractivity contribution in [3.05, 3.63) is 50.9 Å². The smallest absolute Gasteiger partial charge is 0.125 e. The Balaban J connectivity index is 2.20. The highest BCUT2D eigenvalue weighted by molar-refractivity contribution is 7.12. The second-order valence-electron chi connectivity index (χ2n) is 4.79. The number of imidazole rings is 1. The fraction of sp³-hybridized carbons (Fsp3) is 0.267. The normalized spacial score (nSPS) is 13.0. The van der Waals surface area contributed by atoms with E-state index in [-0.39, 0.29) is 6.04 Å². The molecule has 2 aromatic heterocycles. The van der Waals surface area contributed by atoms with E-state index in [0.29, 0.717) is 10.9 Å². The Labute approximate surface area is 132 Å². The number of fused-ring (bicyclic) bond motifs is 1. The topological polar surface area (TPSA) is 17.8 Å². The minimum atomic E-state index is 0.200. The zero-order valence-electron chi connectivity index (χ0n) is 11.2. The average molecular weight is 325 g/mol. The third kappa shape index (κ3) is 2.34. The van der Waals surface area contributed by atoms with Crippen molar-refractivity contribution in [2.24, 2.45) is 0 Å². The van der Waals surface area contributed by atoms with Gasteiger partial charge in [-0.3, -0.25) is 0 Å². The Morgan fingerprint density at radius 2 is 2.10 bits per heavy atom. The number of nitrogens with zero attached hydrogens (tertiary/aromatic N) is 2. The van der Waals surface area contributed by atoms with E-state index in [2.05, 4.69) is 35.5 Å². The van der Waals surface area contributed by atoms with Gasteiger partial charge in [0.1, 0.15) is 5.82 Å². The van der Waals surface area contributed by atoms with Gasteiger partial charge >= 0.3 is 0 Å². The fourth-order valence-corrected chi connectivity index (χ4v) is 3.72. The van der Waals surface area contributed by atoms with Crippen molar-refractivity contribution in [3.63, 3.8) is 0 Å². The summed E-state index contributed by atoms with van der Waals surface area (Å²) in [5.74, 6) is 1.27. The molecular weight excluding hydrogens is 311 g/mol. The molecule has 2 nitrogen and oxygen atoms in total. The highest BCUT2D eigenvalue weighted by Gasteiger charge is 2.18. The molecule has 0 radical (unpaired) electrons. The molecule has 0 aliphatic rings. The van der Waals surface area contributed by atoms with Crippen LogP contribution in [0.1, 0.15) is 28.5 Å². The molecule has 0 spiro atoms. The van der Waals surface area contributed by atoms with Gasteiger partial charge < -0.3 is 4.57 Å². The number of hydrogen-bond donors (Lipinski definition) is 0. The largest absolute Gasteiger partial charge is 0.319 e. The van der Waals surface area contributed by atoms with Crippen molar-refractivity contribution in [2.75, 3.05) is 0 Å². The highest BCUT2D eigenvalue weighted by atomic mass is 35.5. The molecule has 0 saturated heterocycles. The third-order valence-electron chi connectivity index (χ3n) is 3.40. The van der Waals surface area contributed by atoms with Crippen LogP contribution in [-0.2, 0) is 5.88 Å². The van der Waals surface area contributed by atoms with Gasteiger partial charge in [0.25, 0.3) is 0 Å². The highest BCUT2D eigenvalue weighted by Crippen LogP contribution is 2.31. The summed E-state index contributed by atoms with van der Waals surface area (Å²) in [6.45, 7) is 4.29. The Morgan fingerprint density at radius 1 is 1.30 bits per heavy atom. The van der Waals surface area contributed by atoms with Gasteiger partial charge in [0, 0.05) is 14.8 Å². The lowest BCUT2D eigenvalue weighted by atomic mass is 10.2. The number of hydrogen-bond acceptors (Lipinski definition) is 2. The molecule has 0 N–H and O–H groups in total. The molecular formula is C15H14Cl2N2S. The molecule has 5 heteroatoms. The Bertz CT molecular complexity index is 760. The molecule has 3 rings (SSSR count). The van der Waals surface area contributed by atoms with Gasteiger partial charge in [-0.15, -0.1) is 22.9 Å². The van der Waals surface area contributed by atoms with Crippen LogP contribution in [-0.4, -0.2) is 9.55 Å². The van der Waals surface area contributed by atoms with Gasteiger partial charge in [-0.1, -0.05) is 11.6 Å². The lowest BCUT2D eigenvalue weighted by molar-refractivity contribution is 0.644. The first-order valence-electron chi connectivity index (χ1n) is 6.39. The van der Waals surface area contributed by atoms with E-state index in [4.69, 9.17) is 23.2 Å². The predicted octanol–water partition coefficient (Wildman–Crippen LogP) is 5.41. The molecule has 1 unspecified atom stereocenters. The first-order valence-corrected chi connectivity index (χ1v) is 8.11. The van der Waals surface area contributed by atoms with Crippen molar-refractivity contribution in [3.8, 4) is 0 Å². The molecule has 1 atom stereocenters. The van der Waals surface area contributed by atoms with E-state index >= 15 is 0 Å². The molecule has 0 amide bonds. The van der Waals surface area contributed by atoms with E-state index in [1.54, 1.807) is 11.3 Å². The standard InChI is InChI=1S/C15H14Cl2N2S/c1-9-3-6-14(20-9)10(2)19-13-7-11(17)4-5-12(13)18-15(19)8-16/h3-7,10H,8H2,1-2H3. The summed E-state index contributed by atoms with van der Waals surface area (Å²) in [7, 11) is 0. The molecule has 0 aliphatic carbocycles. The monoisotopic (exact) mass is 324 g/mol. The lowest BCUT2D eigenvalue weighted by Crippen LogP contribution is -2.08. The number of alkyl halides is 1. The van der Waals surface area contributed by atoms with Crippen molar-refractivity contribution >= 4 is 45.6 Å². The quantitative estimate of drug-likeness (QED) is 0.589. The molecule has 2 heterocycles. The molecule has 1 aromatic carbocycles. The van der Waals surface area contributed by atoms with Crippen LogP contribution in [0.4, 0.5) is 0 Å². The van der Waals surface area contributed by atoms with Crippen LogP contribution in [0.3, 0.4) is 0 Å². The van der Waals surface area contributed by atoms with Gasteiger partial charge in [0.05, 0.1) is 23.0 Å². The number of benzene rings is 1. The van der Waals surface area contributed by atoms with E-state index in [1.807, 2.05) is 18.2 Å². The maximum Gasteiger partial charge on any atom is 0.125 e. The van der Waals surface area contributed by atoms with E-state index < -0.39 is 0 Å². The summed E-state index contributed by atoms with van der Waals surface area (Å²) in [5.41, 5.74) is 1.97. The second kappa shape index (κ2) is 5.40. The van der Waals surface area contributed by atoms with Gasteiger partial charge in [-0.25, -0.2) is 4.98 Å². The van der Waals surface area contributed by atoms with Gasteiger partial charge in [-0.2, -0.15) is 0 Å². The van der Waals surface area contributed by atoms with E-state index in [1.165, 1.54) is 9.75 Å². The number of aryl methyl sites for hydroxylation is 1. The van der Waals surface area contributed by atoms with E-state index in [0.717, 1.165) is 16.9 Å². The maximum absolute atomic E-state index is 6.13. The minimum absolute atomic E-state index is 0.200. The van der Waals surface area contributed by atoms with Crippen LogP contribution in [0, 0.1) is 6.92 Å². The average Bonchev–Trinajstić information content (AvgIpc) is 3.01. The van der Waals surface area contributed by atoms with Gasteiger partial charge in [-0.05, 0) is 44.2 Å². The molecule has 0 saturated carbocycles. The summed E-state index contributed by atoms with van der Waals surface area (Å²) < 4.78 is 2.18. The molecule has 0 aliphatic heterocycles. The van der Waals surface area contributed by atoms with Crippen LogP contribution in [0.15, 0.2) is 30.3 Å². The molecule has 3 aromatic rings. The maximum atomic E-state index is 6.13. The van der Waals surface area contributed by atoms with Crippen molar-refractivity contribution in [2.45, 2.75) is 25.8 Å². The second-order valence-corrected chi connectivity index (χ2v) is 6.81.